The summed E-state index contributed by atoms with van der Waals surface area (Å²) < 4.78 is 0. The number of carbonyl (C=O) groups is 1. The molecule has 0 atom stereocenters. The normalized spacial score (nSPS) is 8.00. The smallest absolute Gasteiger partial charge is 0.347 e. The molecule has 0 saturated carbocycles. The van der Waals surface area contributed by atoms with Crippen LogP contribution in [0.1, 0.15) is 0 Å². The van der Waals surface area contributed by atoms with E-state index in [1.165, 1.54) is 12.1 Å². The summed E-state index contributed by atoms with van der Waals surface area (Å²) in [5.41, 5.74) is -0.544. The Hall–Kier alpha value is -2.07. The minimum Gasteiger partial charge on any atom is -0.477 e. The molecule has 0 aromatic rings. The molecule has 0 heterocycles. The molecule has 56 valence electrons. The quantitative estimate of drug-likeness (QED) is 0.341. The summed E-state index contributed by atoms with van der Waals surface area (Å²) in [4.78, 5) is 9.88. The van der Waals surface area contributed by atoms with Gasteiger partial charge in [-0.05, 0) is 0 Å². The lowest BCUT2D eigenvalue weighted by molar-refractivity contribution is -0.132. The van der Waals surface area contributed by atoms with Gasteiger partial charge in [0.15, 0.2) is 0 Å². The highest BCUT2D eigenvalue weighted by Crippen LogP contribution is 1.88. The summed E-state index contributed by atoms with van der Waals surface area (Å²) in [5.74, 6) is -1.38. The van der Waals surface area contributed by atoms with Crippen molar-refractivity contribution in [1.82, 2.24) is 0 Å². The third-order valence-corrected chi connectivity index (χ3v) is 0.560. The van der Waals surface area contributed by atoms with Gasteiger partial charge in [0.25, 0.3) is 0 Å². The van der Waals surface area contributed by atoms with Crippen LogP contribution in [0.15, 0.2) is 24.8 Å². The average molecular weight is 150 g/mol. The highest BCUT2D eigenvalue weighted by molar-refractivity contribution is 5.91. The third kappa shape index (κ3) is 5.81. The summed E-state index contributed by atoms with van der Waals surface area (Å²) in [5, 5.41) is 23.9. The van der Waals surface area contributed by atoms with Crippen molar-refractivity contribution in [1.29, 1.82) is 10.5 Å². The Morgan fingerprint density at radius 3 is 2.00 bits per heavy atom. The van der Waals surface area contributed by atoms with Crippen molar-refractivity contribution in [3.63, 3.8) is 0 Å². The zero-order valence-corrected chi connectivity index (χ0v) is 5.74. The predicted molar refractivity (Wildman–Crippen MR) is 38.2 cm³/mol. The summed E-state index contributed by atoms with van der Waals surface area (Å²) in [7, 11) is 0. The van der Waals surface area contributed by atoms with Crippen molar-refractivity contribution >= 4 is 5.97 Å². The van der Waals surface area contributed by atoms with Crippen molar-refractivity contribution in [3.8, 4) is 12.1 Å². The van der Waals surface area contributed by atoms with Crippen LogP contribution in [0.3, 0.4) is 0 Å². The highest BCUT2D eigenvalue weighted by atomic mass is 16.4. The van der Waals surface area contributed by atoms with Gasteiger partial charge in [0, 0.05) is 6.08 Å². The first-order chi connectivity index (χ1) is 5.22. The number of aliphatic carboxylic acids is 1. The largest absolute Gasteiger partial charge is 0.477 e. The SMILES string of the molecule is C=C.N#CC=C(C#N)C(=O)O. The molecular formula is C7H6N2O2. The number of allylic oxidation sites excluding steroid dienone is 1. The van der Waals surface area contributed by atoms with Crippen molar-refractivity contribution in [2.24, 2.45) is 0 Å². The van der Waals surface area contributed by atoms with E-state index in [9.17, 15) is 4.79 Å². The van der Waals surface area contributed by atoms with Crippen molar-refractivity contribution in [3.05, 3.63) is 24.8 Å². The highest BCUT2D eigenvalue weighted by Gasteiger charge is 2.02. The topological polar surface area (TPSA) is 84.9 Å². The molecule has 0 aliphatic rings. The molecule has 0 unspecified atom stereocenters. The summed E-state index contributed by atoms with van der Waals surface area (Å²) in [6.45, 7) is 6.00. The van der Waals surface area contributed by atoms with E-state index in [0.717, 1.165) is 0 Å². The van der Waals surface area contributed by atoms with Crippen molar-refractivity contribution in [2.45, 2.75) is 0 Å². The van der Waals surface area contributed by atoms with Gasteiger partial charge in [0.05, 0.1) is 6.07 Å². The maximum atomic E-state index is 9.88. The van der Waals surface area contributed by atoms with Crippen LogP contribution in [0.25, 0.3) is 0 Å². The molecule has 0 aliphatic heterocycles. The predicted octanol–water partition coefficient (Wildman–Crippen LogP) is 0.847. The van der Waals surface area contributed by atoms with E-state index in [2.05, 4.69) is 13.2 Å². The molecule has 0 spiro atoms. The summed E-state index contributed by atoms with van der Waals surface area (Å²) >= 11 is 0. The number of nitriles is 2. The fourth-order valence-electron chi connectivity index (χ4n) is 0.206. The molecule has 11 heavy (non-hydrogen) atoms. The number of hydrogen-bond acceptors (Lipinski definition) is 3. The fraction of sp³-hybridized carbons (Fsp3) is 0. The Bertz CT molecular complexity index is 242. The first kappa shape index (κ1) is 11.7. The van der Waals surface area contributed by atoms with E-state index in [4.69, 9.17) is 15.6 Å². The van der Waals surface area contributed by atoms with Gasteiger partial charge in [-0.3, -0.25) is 0 Å². The number of carboxylic acids is 1. The zero-order chi connectivity index (χ0) is 9.28. The maximum absolute atomic E-state index is 9.88. The molecule has 0 radical (unpaired) electrons. The van der Waals surface area contributed by atoms with E-state index < -0.39 is 11.5 Å². The maximum Gasteiger partial charge on any atom is 0.347 e. The van der Waals surface area contributed by atoms with Crippen molar-refractivity contribution < 1.29 is 9.90 Å². The Kier molecular flexibility index (Phi) is 8.43. The van der Waals surface area contributed by atoms with Crippen LogP contribution in [0.5, 0.6) is 0 Å². The lowest BCUT2D eigenvalue weighted by Crippen LogP contribution is -1.96. The molecule has 0 saturated heterocycles. The molecule has 1 N–H and O–H groups in total. The van der Waals surface area contributed by atoms with Crippen LogP contribution in [0.4, 0.5) is 0 Å². The van der Waals surface area contributed by atoms with E-state index >= 15 is 0 Å². The van der Waals surface area contributed by atoms with Gasteiger partial charge in [0.1, 0.15) is 11.6 Å². The number of hydrogen-bond donors (Lipinski definition) is 1. The number of rotatable bonds is 1. The second-order valence-corrected chi connectivity index (χ2v) is 1.10. The summed E-state index contributed by atoms with van der Waals surface area (Å²) in [6.07, 6.45) is 0.683. The van der Waals surface area contributed by atoms with Crippen LogP contribution in [-0.4, -0.2) is 11.1 Å². The van der Waals surface area contributed by atoms with Crippen molar-refractivity contribution in [2.75, 3.05) is 0 Å². The second kappa shape index (κ2) is 7.93. The van der Waals surface area contributed by atoms with Gasteiger partial charge in [-0.1, -0.05) is 0 Å². The van der Waals surface area contributed by atoms with Crippen LogP contribution in [-0.2, 0) is 4.79 Å². The zero-order valence-electron chi connectivity index (χ0n) is 5.74. The lowest BCUT2D eigenvalue weighted by atomic mass is 10.3. The van der Waals surface area contributed by atoms with Gasteiger partial charge in [-0.15, -0.1) is 13.2 Å². The van der Waals surface area contributed by atoms with E-state index in [1.807, 2.05) is 0 Å². The summed E-state index contributed by atoms with van der Waals surface area (Å²) in [6, 6.07) is 2.78. The molecular weight excluding hydrogens is 144 g/mol. The molecule has 0 aromatic carbocycles. The standard InChI is InChI=1S/C5H2N2O2.C2H4/c6-2-1-4(3-7)5(8)9;1-2/h1H,(H,8,9);1-2H2. The minimum atomic E-state index is -1.38. The third-order valence-electron chi connectivity index (χ3n) is 0.560. The first-order valence-corrected chi connectivity index (χ1v) is 2.45. The molecule has 0 rings (SSSR count). The van der Waals surface area contributed by atoms with Gasteiger partial charge in [-0.2, -0.15) is 10.5 Å². The van der Waals surface area contributed by atoms with Gasteiger partial charge < -0.3 is 5.11 Å². The van der Waals surface area contributed by atoms with Crippen LogP contribution >= 0.6 is 0 Å². The first-order valence-electron chi connectivity index (χ1n) is 2.45. The van der Waals surface area contributed by atoms with E-state index in [0.29, 0.717) is 6.08 Å². The molecule has 4 nitrogen and oxygen atoms in total. The second-order valence-electron chi connectivity index (χ2n) is 1.10. The van der Waals surface area contributed by atoms with E-state index in [-0.39, 0.29) is 0 Å². The van der Waals surface area contributed by atoms with Crippen LogP contribution in [0, 0.1) is 22.7 Å². The molecule has 0 amide bonds. The monoisotopic (exact) mass is 150 g/mol. The number of carboxylic acid groups (broad SMARTS) is 1. The average Bonchev–Trinajstić information content (AvgIpc) is 2.03. The number of nitrogens with zero attached hydrogens (tertiary/aromatic N) is 2. The van der Waals surface area contributed by atoms with Gasteiger partial charge in [0.2, 0.25) is 0 Å². The minimum absolute atomic E-state index is 0.544. The molecule has 0 aromatic heterocycles. The van der Waals surface area contributed by atoms with Crippen LogP contribution < -0.4 is 0 Å². The Labute approximate surface area is 64.3 Å². The van der Waals surface area contributed by atoms with E-state index in [1.54, 1.807) is 0 Å². The Morgan fingerprint density at radius 2 is 1.91 bits per heavy atom. The molecule has 0 bridgehead atoms. The Balaban J connectivity index is 0. The molecule has 0 fully saturated rings. The molecule has 4 heteroatoms. The fourth-order valence-corrected chi connectivity index (χ4v) is 0.206. The van der Waals surface area contributed by atoms with Gasteiger partial charge in [-0.25, -0.2) is 4.79 Å². The lowest BCUT2D eigenvalue weighted by Gasteiger charge is -1.79. The van der Waals surface area contributed by atoms with Gasteiger partial charge >= 0.3 is 5.97 Å². The Morgan fingerprint density at radius 1 is 1.45 bits per heavy atom. The van der Waals surface area contributed by atoms with Crippen LogP contribution in [0.2, 0.25) is 0 Å². The molecule has 0 aliphatic carbocycles.